The van der Waals surface area contributed by atoms with Gasteiger partial charge >= 0.3 is 0 Å². The number of hydrogen-bond acceptors (Lipinski definition) is 3. The van der Waals surface area contributed by atoms with Gasteiger partial charge in [0, 0.05) is 12.2 Å². The third kappa shape index (κ3) is 3.00. The summed E-state index contributed by atoms with van der Waals surface area (Å²) in [7, 11) is 0. The van der Waals surface area contributed by atoms with Gasteiger partial charge < -0.3 is 10.3 Å². The molecule has 0 aliphatic rings. The first kappa shape index (κ1) is 14.9. The lowest BCUT2D eigenvalue weighted by molar-refractivity contribution is 0.0988. The molecule has 0 bridgehead atoms. The van der Waals surface area contributed by atoms with Gasteiger partial charge in [-0.25, -0.2) is 8.78 Å². The van der Waals surface area contributed by atoms with Gasteiger partial charge in [-0.15, -0.1) is 0 Å². The number of hydrogen-bond donors (Lipinski definition) is 2. The van der Waals surface area contributed by atoms with Gasteiger partial charge in [-0.3, -0.25) is 10.6 Å². The van der Waals surface area contributed by atoms with Gasteiger partial charge in [0.25, 0.3) is 5.91 Å². The highest BCUT2D eigenvalue weighted by Crippen LogP contribution is 2.23. The van der Waals surface area contributed by atoms with Crippen LogP contribution in [0.3, 0.4) is 0 Å². The van der Waals surface area contributed by atoms with E-state index in [-0.39, 0.29) is 11.3 Å². The van der Waals surface area contributed by atoms with Crippen molar-refractivity contribution < 1.29 is 13.6 Å². The van der Waals surface area contributed by atoms with Crippen LogP contribution >= 0.6 is 0 Å². The normalized spacial score (nSPS) is 10.3. The molecule has 110 valence electrons. The van der Waals surface area contributed by atoms with E-state index in [9.17, 15) is 13.6 Å². The van der Waals surface area contributed by atoms with Crippen LogP contribution in [0.2, 0.25) is 0 Å². The van der Waals surface area contributed by atoms with Crippen molar-refractivity contribution in [1.82, 2.24) is 0 Å². The Morgan fingerprint density at radius 2 is 1.86 bits per heavy atom. The third-order valence-electron chi connectivity index (χ3n) is 3.09. The van der Waals surface area contributed by atoms with E-state index < -0.39 is 17.5 Å². The Kier molecular flexibility index (Phi) is 4.49. The molecule has 0 saturated carbocycles. The summed E-state index contributed by atoms with van der Waals surface area (Å²) < 4.78 is 26.6. The maximum atomic E-state index is 13.7. The smallest absolute Gasteiger partial charge is 0.260 e. The Hall–Kier alpha value is -2.47. The van der Waals surface area contributed by atoms with E-state index >= 15 is 0 Å². The number of nitrogens with one attached hydrogen (secondary N) is 1. The highest BCUT2D eigenvalue weighted by atomic mass is 19.1. The average molecular weight is 291 g/mol. The molecular formula is C15H15F2N3O. The number of carbonyl (C=O) groups is 1. The van der Waals surface area contributed by atoms with Crippen molar-refractivity contribution in [3.05, 3.63) is 59.7 Å². The molecule has 0 fully saturated rings. The minimum absolute atomic E-state index is 0.0666. The lowest BCUT2D eigenvalue weighted by atomic mass is 10.1. The van der Waals surface area contributed by atoms with Crippen molar-refractivity contribution in [2.75, 3.05) is 16.9 Å². The minimum Gasteiger partial charge on any atom is -0.321 e. The summed E-state index contributed by atoms with van der Waals surface area (Å²) in [5, 5.41) is 0. The Morgan fingerprint density at radius 3 is 2.43 bits per heavy atom. The van der Waals surface area contributed by atoms with Crippen LogP contribution in [-0.2, 0) is 0 Å². The molecule has 0 unspecified atom stereocenters. The van der Waals surface area contributed by atoms with Gasteiger partial charge in [0.15, 0.2) is 0 Å². The van der Waals surface area contributed by atoms with Crippen LogP contribution in [0.25, 0.3) is 0 Å². The second-order valence-electron chi connectivity index (χ2n) is 4.33. The highest BCUT2D eigenvalue weighted by Gasteiger charge is 2.20. The van der Waals surface area contributed by atoms with Crippen LogP contribution in [0.5, 0.6) is 0 Å². The number of nitrogen functional groups attached to an aromatic ring is 1. The lowest BCUT2D eigenvalue weighted by Crippen LogP contribution is -2.31. The number of carbonyl (C=O) groups excluding carboxylic acids is 1. The van der Waals surface area contributed by atoms with E-state index in [0.717, 1.165) is 0 Å². The summed E-state index contributed by atoms with van der Waals surface area (Å²) in [5.74, 6) is 3.86. The van der Waals surface area contributed by atoms with E-state index in [1.165, 1.54) is 47.4 Å². The first-order valence-corrected chi connectivity index (χ1v) is 6.41. The van der Waals surface area contributed by atoms with E-state index in [0.29, 0.717) is 12.2 Å². The summed E-state index contributed by atoms with van der Waals surface area (Å²) >= 11 is 0. The molecule has 21 heavy (non-hydrogen) atoms. The molecule has 3 N–H and O–H groups in total. The number of para-hydroxylation sites is 1. The molecule has 0 aromatic heterocycles. The molecule has 2 aromatic rings. The van der Waals surface area contributed by atoms with Crippen molar-refractivity contribution in [1.29, 1.82) is 0 Å². The minimum atomic E-state index is -0.612. The summed E-state index contributed by atoms with van der Waals surface area (Å²) in [6, 6.07) is 9.63. The Bertz CT molecular complexity index is 644. The van der Waals surface area contributed by atoms with Gasteiger partial charge in [0.05, 0.1) is 11.3 Å². The first-order chi connectivity index (χ1) is 10.1. The maximum absolute atomic E-state index is 13.7. The van der Waals surface area contributed by atoms with Crippen molar-refractivity contribution in [3.8, 4) is 0 Å². The monoisotopic (exact) mass is 291 g/mol. The van der Waals surface area contributed by atoms with Gasteiger partial charge in [-0.05, 0) is 43.3 Å². The first-order valence-electron chi connectivity index (χ1n) is 6.41. The van der Waals surface area contributed by atoms with Crippen molar-refractivity contribution >= 4 is 17.3 Å². The molecule has 1 amide bonds. The molecule has 2 rings (SSSR count). The molecule has 0 aliphatic heterocycles. The molecule has 0 atom stereocenters. The number of benzene rings is 2. The van der Waals surface area contributed by atoms with Crippen LogP contribution in [-0.4, -0.2) is 12.5 Å². The van der Waals surface area contributed by atoms with Gasteiger partial charge in [0.2, 0.25) is 0 Å². The average Bonchev–Trinajstić information content (AvgIpc) is 2.49. The zero-order chi connectivity index (χ0) is 15.4. The van der Waals surface area contributed by atoms with Crippen molar-refractivity contribution in [2.24, 2.45) is 5.84 Å². The Balaban J connectivity index is 2.41. The summed E-state index contributed by atoms with van der Waals surface area (Å²) in [6.07, 6.45) is 0. The number of hydrazine groups is 1. The second-order valence-corrected chi connectivity index (χ2v) is 4.33. The fourth-order valence-corrected chi connectivity index (χ4v) is 2.06. The Morgan fingerprint density at radius 1 is 1.19 bits per heavy atom. The number of anilines is 2. The van der Waals surface area contributed by atoms with Crippen LogP contribution in [0.4, 0.5) is 20.2 Å². The molecule has 2 aromatic carbocycles. The van der Waals surface area contributed by atoms with Gasteiger partial charge in [-0.1, -0.05) is 6.07 Å². The Labute approximate surface area is 121 Å². The third-order valence-corrected chi connectivity index (χ3v) is 3.09. The highest BCUT2D eigenvalue weighted by molar-refractivity contribution is 6.09. The van der Waals surface area contributed by atoms with Crippen molar-refractivity contribution in [3.63, 3.8) is 0 Å². The largest absolute Gasteiger partial charge is 0.321 e. The van der Waals surface area contributed by atoms with E-state index in [1.807, 2.05) is 0 Å². The number of halogens is 2. The number of amides is 1. The SMILES string of the molecule is CCN(C(=O)c1cccc(F)c1NN)c1ccc(F)cc1. The lowest BCUT2D eigenvalue weighted by Gasteiger charge is -2.22. The molecule has 6 heteroatoms. The van der Waals surface area contributed by atoms with E-state index in [1.54, 1.807) is 6.92 Å². The van der Waals surface area contributed by atoms with Crippen LogP contribution in [0.1, 0.15) is 17.3 Å². The van der Waals surface area contributed by atoms with E-state index in [2.05, 4.69) is 5.43 Å². The molecule has 0 spiro atoms. The maximum Gasteiger partial charge on any atom is 0.260 e. The number of nitrogens with zero attached hydrogens (tertiary/aromatic N) is 1. The topological polar surface area (TPSA) is 58.4 Å². The van der Waals surface area contributed by atoms with Gasteiger partial charge in [0.1, 0.15) is 11.6 Å². The predicted molar refractivity (Wildman–Crippen MR) is 78.0 cm³/mol. The second kappa shape index (κ2) is 6.32. The quantitative estimate of drug-likeness (QED) is 0.672. The fraction of sp³-hybridized carbons (Fsp3) is 0.133. The molecule has 0 heterocycles. The molecule has 0 saturated heterocycles. The zero-order valence-electron chi connectivity index (χ0n) is 11.4. The molecule has 0 aliphatic carbocycles. The van der Waals surface area contributed by atoms with Gasteiger partial charge in [-0.2, -0.15) is 0 Å². The number of nitrogens with two attached hydrogens (primary N) is 1. The summed E-state index contributed by atoms with van der Waals surface area (Å²) in [5.41, 5.74) is 2.77. The van der Waals surface area contributed by atoms with Crippen LogP contribution in [0, 0.1) is 11.6 Å². The summed E-state index contributed by atoms with van der Waals surface area (Å²) in [6.45, 7) is 2.13. The van der Waals surface area contributed by atoms with Crippen LogP contribution < -0.4 is 16.2 Å². The summed E-state index contributed by atoms with van der Waals surface area (Å²) in [4.78, 5) is 14.0. The fourth-order valence-electron chi connectivity index (χ4n) is 2.06. The van der Waals surface area contributed by atoms with Crippen molar-refractivity contribution in [2.45, 2.75) is 6.92 Å². The molecule has 4 nitrogen and oxygen atoms in total. The molecule has 0 radical (unpaired) electrons. The number of rotatable bonds is 4. The molecular weight excluding hydrogens is 276 g/mol. The van der Waals surface area contributed by atoms with E-state index in [4.69, 9.17) is 5.84 Å². The standard InChI is InChI=1S/C15H15F2N3O/c1-2-20(11-8-6-10(16)7-9-11)15(21)12-4-3-5-13(17)14(12)19-18/h3-9,19H,2,18H2,1H3. The zero-order valence-corrected chi connectivity index (χ0v) is 11.4. The predicted octanol–water partition coefficient (Wildman–Crippen LogP) is 2.92. The van der Waals surface area contributed by atoms with Crippen LogP contribution in [0.15, 0.2) is 42.5 Å².